The molecule has 0 aliphatic carbocycles. The summed E-state index contributed by atoms with van der Waals surface area (Å²) < 4.78 is 31.0. The second kappa shape index (κ2) is 11.9. The summed E-state index contributed by atoms with van der Waals surface area (Å²) in [5.41, 5.74) is 5.63. The van der Waals surface area contributed by atoms with Crippen molar-refractivity contribution in [2.75, 3.05) is 13.7 Å². The monoisotopic (exact) mass is 561 g/mol. The van der Waals surface area contributed by atoms with Gasteiger partial charge in [0, 0.05) is 11.8 Å². The van der Waals surface area contributed by atoms with Crippen molar-refractivity contribution in [1.29, 1.82) is 0 Å². The fourth-order valence-electron chi connectivity index (χ4n) is 4.12. The van der Waals surface area contributed by atoms with Crippen LogP contribution in [0, 0.1) is 5.92 Å². The van der Waals surface area contributed by atoms with Crippen LogP contribution >= 0.6 is 19.5 Å². The van der Waals surface area contributed by atoms with E-state index in [2.05, 4.69) is 21.7 Å². The standard InChI is InChI=1S/C25H32N5O6PS/c1-15(2)23(24(32)34-4)29-37(33,36-20-11-7-9-17-8-5-6-10-18(17)20)35-13-21-19(31)12-22(38-21)30-14-27-25(26)28-16(30)3/h5-11,14-15,19,21-23,31H,3,12-13H2,1-2,4H3,(H2,26,28)(H,29,33)/t19-,21-,22-,23+,37?/m1/s1. The van der Waals surface area contributed by atoms with Gasteiger partial charge in [-0.2, -0.15) is 10.1 Å². The highest BCUT2D eigenvalue weighted by atomic mass is 32.2. The van der Waals surface area contributed by atoms with Crippen molar-refractivity contribution in [3.63, 3.8) is 0 Å². The number of aliphatic hydroxyl groups is 1. The number of esters is 1. The number of ether oxygens (including phenoxy) is 1. The van der Waals surface area contributed by atoms with Crippen LogP contribution in [0.2, 0.25) is 0 Å². The first-order chi connectivity index (χ1) is 18.1. The predicted octanol–water partition coefficient (Wildman–Crippen LogP) is 3.45. The summed E-state index contributed by atoms with van der Waals surface area (Å²) in [7, 11) is -2.88. The maximum Gasteiger partial charge on any atom is 0.459 e. The molecule has 4 N–H and O–H groups in total. The Bertz CT molecular complexity index is 1300. The summed E-state index contributed by atoms with van der Waals surface area (Å²) in [5, 5.41) is 14.5. The lowest BCUT2D eigenvalue weighted by Crippen LogP contribution is -2.41. The number of hydrogen-bond donors (Lipinski definition) is 3. The van der Waals surface area contributed by atoms with E-state index in [0.717, 1.165) is 10.8 Å². The molecule has 0 spiro atoms. The van der Waals surface area contributed by atoms with Gasteiger partial charge in [0.2, 0.25) is 5.96 Å². The van der Waals surface area contributed by atoms with Gasteiger partial charge < -0.3 is 25.0 Å². The van der Waals surface area contributed by atoms with Gasteiger partial charge in [-0.3, -0.25) is 9.32 Å². The number of fused-ring (bicyclic) bond motifs is 1. The molecular weight excluding hydrogens is 529 g/mol. The molecule has 4 rings (SSSR count). The third kappa shape index (κ3) is 6.39. The lowest BCUT2D eigenvalue weighted by Gasteiger charge is -2.28. The second-order valence-corrected chi connectivity index (χ2v) is 12.3. The highest BCUT2D eigenvalue weighted by molar-refractivity contribution is 8.00. The Kier molecular flexibility index (Phi) is 8.79. The fourth-order valence-corrected chi connectivity index (χ4v) is 7.38. The van der Waals surface area contributed by atoms with Crippen LogP contribution in [0.1, 0.15) is 20.3 Å². The van der Waals surface area contributed by atoms with Gasteiger partial charge in [0.15, 0.2) is 0 Å². The summed E-state index contributed by atoms with van der Waals surface area (Å²) in [6.07, 6.45) is 1.12. The van der Waals surface area contributed by atoms with Gasteiger partial charge in [-0.1, -0.05) is 56.8 Å². The van der Waals surface area contributed by atoms with E-state index < -0.39 is 31.1 Å². The van der Waals surface area contributed by atoms with Crippen molar-refractivity contribution >= 4 is 48.5 Å². The van der Waals surface area contributed by atoms with Crippen LogP contribution in [0.15, 0.2) is 64.8 Å². The summed E-state index contributed by atoms with van der Waals surface area (Å²) in [4.78, 5) is 22.3. The first kappa shape index (κ1) is 28.1. The number of rotatable bonds is 10. The van der Waals surface area contributed by atoms with Crippen LogP contribution in [0.4, 0.5) is 0 Å². The van der Waals surface area contributed by atoms with E-state index in [-0.39, 0.29) is 23.9 Å². The molecule has 11 nitrogen and oxygen atoms in total. The molecule has 2 aliphatic heterocycles. The molecule has 0 amide bonds. The quantitative estimate of drug-likeness (QED) is 0.291. The fraction of sp³-hybridized carbons (Fsp3) is 0.400. The van der Waals surface area contributed by atoms with Gasteiger partial charge >= 0.3 is 13.7 Å². The van der Waals surface area contributed by atoms with Gasteiger partial charge in [-0.25, -0.2) is 9.56 Å². The highest BCUT2D eigenvalue weighted by Crippen LogP contribution is 2.49. The lowest BCUT2D eigenvalue weighted by atomic mass is 10.1. The molecular formula is C25H32N5O6PS. The summed E-state index contributed by atoms with van der Waals surface area (Å²) in [6.45, 7) is 7.36. The Balaban J connectivity index is 1.55. The first-order valence-corrected chi connectivity index (χ1v) is 14.6. The number of aliphatic imine (C=N–C) groups is 2. The van der Waals surface area contributed by atoms with Gasteiger partial charge in [0.1, 0.15) is 24.0 Å². The van der Waals surface area contributed by atoms with Crippen LogP contribution in [0.25, 0.3) is 10.8 Å². The molecule has 1 saturated heterocycles. The largest absolute Gasteiger partial charge is 0.468 e. The first-order valence-electron chi connectivity index (χ1n) is 12.1. The normalized spacial score (nSPS) is 23.8. The summed E-state index contributed by atoms with van der Waals surface area (Å²) in [5.74, 6) is -0.0157. The number of nitrogens with zero attached hydrogens (tertiary/aromatic N) is 3. The molecule has 0 saturated carbocycles. The number of nitrogens with one attached hydrogen (secondary N) is 1. The van der Waals surface area contributed by atoms with Crippen molar-refractivity contribution in [2.45, 2.75) is 43.0 Å². The van der Waals surface area contributed by atoms with Crippen molar-refractivity contribution in [2.24, 2.45) is 21.6 Å². The smallest absolute Gasteiger partial charge is 0.459 e. The predicted molar refractivity (Wildman–Crippen MR) is 149 cm³/mol. The zero-order valence-electron chi connectivity index (χ0n) is 21.4. The minimum absolute atomic E-state index is 0.109. The van der Waals surface area contributed by atoms with Gasteiger partial charge in [0.25, 0.3) is 0 Å². The molecule has 0 bridgehead atoms. The van der Waals surface area contributed by atoms with Crippen LogP contribution in [0.3, 0.4) is 0 Å². The van der Waals surface area contributed by atoms with E-state index in [0.29, 0.717) is 18.0 Å². The zero-order chi connectivity index (χ0) is 27.4. The van der Waals surface area contributed by atoms with E-state index >= 15 is 0 Å². The van der Waals surface area contributed by atoms with Crippen molar-refractivity contribution in [1.82, 2.24) is 9.99 Å². The Hall–Kier alpha value is -2.89. The molecule has 1 fully saturated rings. The molecule has 0 aromatic heterocycles. The number of hydrogen-bond acceptors (Lipinski definition) is 11. The molecule has 2 heterocycles. The van der Waals surface area contributed by atoms with Gasteiger partial charge in [-0.05, 0) is 17.4 Å². The zero-order valence-corrected chi connectivity index (χ0v) is 23.1. The number of aliphatic hydroxyl groups excluding tert-OH is 1. The average Bonchev–Trinajstić information content (AvgIpc) is 3.26. The Labute approximate surface area is 225 Å². The molecule has 204 valence electrons. The Morgan fingerprint density at radius 3 is 2.76 bits per heavy atom. The molecule has 2 aliphatic rings. The van der Waals surface area contributed by atoms with Crippen LogP contribution < -0.4 is 15.3 Å². The molecule has 0 radical (unpaired) electrons. The van der Waals surface area contributed by atoms with Gasteiger partial charge in [0.05, 0.1) is 30.4 Å². The average molecular weight is 562 g/mol. The number of methoxy groups -OCH3 is 1. The maximum atomic E-state index is 14.2. The lowest BCUT2D eigenvalue weighted by molar-refractivity contribution is -0.143. The topological polar surface area (TPSA) is 148 Å². The van der Waals surface area contributed by atoms with Crippen LogP contribution in [0.5, 0.6) is 5.75 Å². The molecule has 5 atom stereocenters. The molecule has 13 heteroatoms. The minimum Gasteiger partial charge on any atom is -0.468 e. The van der Waals surface area contributed by atoms with Crippen LogP contribution in [-0.2, 0) is 18.6 Å². The number of nitrogens with two attached hydrogens (primary N) is 1. The van der Waals surface area contributed by atoms with E-state index in [4.69, 9.17) is 19.5 Å². The van der Waals surface area contributed by atoms with E-state index in [1.165, 1.54) is 25.2 Å². The minimum atomic E-state index is -4.15. The maximum absolute atomic E-state index is 14.2. The molecule has 2 aromatic rings. The second-order valence-electron chi connectivity index (χ2n) is 9.21. The Morgan fingerprint density at radius 1 is 1.32 bits per heavy atom. The SMILES string of the molecule is C=C1N=C(N)N=CN1[C@H]1C[C@@H](O)[C@@H](COP(=O)(N[C@H](C(=O)OC)C(C)C)Oc2cccc3ccccc23)S1. The van der Waals surface area contributed by atoms with Crippen molar-refractivity contribution in [3.05, 3.63) is 54.9 Å². The van der Waals surface area contributed by atoms with Crippen molar-refractivity contribution in [3.8, 4) is 5.75 Å². The van der Waals surface area contributed by atoms with E-state index in [1.54, 1.807) is 30.9 Å². The molecule has 2 aromatic carbocycles. The molecule has 38 heavy (non-hydrogen) atoms. The van der Waals surface area contributed by atoms with Crippen molar-refractivity contribution < 1.29 is 28.3 Å². The van der Waals surface area contributed by atoms with Crippen LogP contribution in [-0.4, -0.2) is 64.8 Å². The number of guanidine groups is 1. The number of benzene rings is 2. The van der Waals surface area contributed by atoms with E-state index in [1.807, 2.05) is 30.3 Å². The summed E-state index contributed by atoms with van der Waals surface area (Å²) in [6, 6.07) is 11.9. The molecule has 1 unspecified atom stereocenters. The number of thioether (sulfide) groups is 1. The third-order valence-corrected chi connectivity index (χ3v) is 9.22. The van der Waals surface area contributed by atoms with E-state index in [9.17, 15) is 14.5 Å². The highest BCUT2D eigenvalue weighted by Gasteiger charge is 2.41. The third-order valence-electron chi connectivity index (χ3n) is 6.17. The number of carbonyl (C=O) groups excluding carboxylic acids is 1. The number of carbonyl (C=O) groups is 1. The Morgan fingerprint density at radius 2 is 2.05 bits per heavy atom. The van der Waals surface area contributed by atoms with Gasteiger partial charge in [-0.15, -0.1) is 11.8 Å². The summed E-state index contributed by atoms with van der Waals surface area (Å²) >= 11 is 1.41.